The fraction of sp³-hybridized carbons (Fsp3) is 0.0476. The van der Waals surface area contributed by atoms with E-state index >= 15 is 0 Å². The monoisotopic (exact) mass is 381 g/mol. The summed E-state index contributed by atoms with van der Waals surface area (Å²) < 4.78 is 43.9. The van der Waals surface area contributed by atoms with Gasteiger partial charge in [0.2, 0.25) is 5.88 Å². The van der Waals surface area contributed by atoms with Gasteiger partial charge in [-0.15, -0.1) is 0 Å². The Morgan fingerprint density at radius 1 is 0.857 bits per heavy atom. The van der Waals surface area contributed by atoms with Crippen LogP contribution in [0.5, 0.6) is 11.6 Å². The number of anilines is 1. The van der Waals surface area contributed by atoms with E-state index in [1.165, 1.54) is 12.1 Å². The Morgan fingerprint density at radius 3 is 2.39 bits per heavy atom. The fourth-order valence-corrected chi connectivity index (χ4v) is 2.88. The number of hydrogen-bond acceptors (Lipinski definition) is 4. The van der Waals surface area contributed by atoms with Crippen molar-refractivity contribution in [2.75, 3.05) is 5.73 Å². The molecule has 0 amide bonds. The molecule has 28 heavy (non-hydrogen) atoms. The van der Waals surface area contributed by atoms with E-state index < -0.39 is 11.7 Å². The minimum atomic E-state index is -4.39. The Hall–Kier alpha value is -3.61. The zero-order valence-electron chi connectivity index (χ0n) is 14.4. The lowest BCUT2D eigenvalue weighted by Gasteiger charge is -2.12. The maximum absolute atomic E-state index is 12.7. The van der Waals surface area contributed by atoms with Crippen LogP contribution in [-0.2, 0) is 6.18 Å². The molecule has 2 aromatic heterocycles. The summed E-state index contributed by atoms with van der Waals surface area (Å²) in [5.74, 6) is 1.00. The summed E-state index contributed by atoms with van der Waals surface area (Å²) in [5.41, 5.74) is 6.71. The Bertz CT molecular complexity index is 1140. The summed E-state index contributed by atoms with van der Waals surface area (Å²) in [5, 5.41) is 1.75. The lowest BCUT2D eigenvalue weighted by molar-refractivity contribution is -0.137. The molecule has 7 heteroatoms. The molecule has 2 aromatic carbocycles. The molecule has 0 aliphatic rings. The van der Waals surface area contributed by atoms with Crippen molar-refractivity contribution < 1.29 is 17.9 Å². The quantitative estimate of drug-likeness (QED) is 0.495. The second-order valence-electron chi connectivity index (χ2n) is 6.11. The van der Waals surface area contributed by atoms with Crippen LogP contribution in [0.4, 0.5) is 19.0 Å². The Labute approximate surface area is 158 Å². The summed E-state index contributed by atoms with van der Waals surface area (Å²) >= 11 is 0. The SMILES string of the molecule is Nc1nccc2cc(-c3cccnc3Oc3ccc(C(F)(F)F)cc3)ccc12. The van der Waals surface area contributed by atoms with Gasteiger partial charge in [0.1, 0.15) is 11.6 Å². The van der Waals surface area contributed by atoms with Crippen LogP contribution in [0, 0.1) is 0 Å². The largest absolute Gasteiger partial charge is 0.438 e. The Morgan fingerprint density at radius 2 is 1.64 bits per heavy atom. The molecule has 140 valence electrons. The normalized spacial score (nSPS) is 11.5. The molecule has 0 aliphatic heterocycles. The first-order valence-electron chi connectivity index (χ1n) is 8.36. The Kier molecular flexibility index (Phi) is 4.35. The highest BCUT2D eigenvalue weighted by atomic mass is 19.4. The van der Waals surface area contributed by atoms with E-state index in [1.54, 1.807) is 18.5 Å². The molecule has 0 saturated carbocycles. The van der Waals surface area contributed by atoms with Crippen LogP contribution in [0.15, 0.2) is 73.1 Å². The number of fused-ring (bicyclic) bond motifs is 1. The highest BCUT2D eigenvalue weighted by Crippen LogP contribution is 2.35. The predicted molar refractivity (Wildman–Crippen MR) is 101 cm³/mol. The molecule has 0 atom stereocenters. The Balaban J connectivity index is 1.69. The van der Waals surface area contributed by atoms with Crippen LogP contribution in [0.3, 0.4) is 0 Å². The number of nitrogen functional groups attached to an aromatic ring is 1. The van der Waals surface area contributed by atoms with Crippen LogP contribution in [0.1, 0.15) is 5.56 Å². The molecule has 0 radical (unpaired) electrons. The molecule has 4 nitrogen and oxygen atoms in total. The van der Waals surface area contributed by atoms with E-state index in [9.17, 15) is 13.2 Å². The molecular weight excluding hydrogens is 367 g/mol. The molecule has 0 aliphatic carbocycles. The van der Waals surface area contributed by atoms with Gasteiger partial charge in [-0.05, 0) is 59.5 Å². The van der Waals surface area contributed by atoms with Crippen molar-refractivity contribution in [3.05, 3.63) is 78.6 Å². The third-order valence-corrected chi connectivity index (χ3v) is 4.27. The highest BCUT2D eigenvalue weighted by molar-refractivity contribution is 5.94. The molecule has 4 aromatic rings. The minimum Gasteiger partial charge on any atom is -0.438 e. The molecule has 0 unspecified atom stereocenters. The maximum atomic E-state index is 12.7. The van der Waals surface area contributed by atoms with Gasteiger partial charge in [0.25, 0.3) is 0 Å². The average molecular weight is 381 g/mol. The van der Waals surface area contributed by atoms with Crippen molar-refractivity contribution >= 4 is 16.6 Å². The van der Waals surface area contributed by atoms with Crippen LogP contribution in [-0.4, -0.2) is 9.97 Å². The number of aromatic nitrogens is 2. The van der Waals surface area contributed by atoms with E-state index in [2.05, 4.69) is 9.97 Å². The zero-order chi connectivity index (χ0) is 19.7. The van der Waals surface area contributed by atoms with E-state index in [-0.39, 0.29) is 5.75 Å². The van der Waals surface area contributed by atoms with E-state index in [1.807, 2.05) is 30.3 Å². The topological polar surface area (TPSA) is 61.0 Å². The lowest BCUT2D eigenvalue weighted by atomic mass is 10.0. The van der Waals surface area contributed by atoms with Crippen molar-refractivity contribution in [3.8, 4) is 22.8 Å². The number of pyridine rings is 2. The number of nitrogens with two attached hydrogens (primary N) is 1. The summed E-state index contributed by atoms with van der Waals surface area (Å²) in [6.45, 7) is 0. The lowest BCUT2D eigenvalue weighted by Crippen LogP contribution is -2.04. The number of alkyl halides is 3. The second-order valence-corrected chi connectivity index (χ2v) is 6.11. The summed E-state index contributed by atoms with van der Waals surface area (Å²) in [6, 6.07) is 15.6. The number of nitrogens with zero attached hydrogens (tertiary/aromatic N) is 2. The van der Waals surface area contributed by atoms with Crippen molar-refractivity contribution in [1.82, 2.24) is 9.97 Å². The fourth-order valence-electron chi connectivity index (χ4n) is 2.88. The average Bonchev–Trinajstić information content (AvgIpc) is 2.68. The molecule has 2 heterocycles. The van der Waals surface area contributed by atoms with Crippen LogP contribution < -0.4 is 10.5 Å². The van der Waals surface area contributed by atoms with Gasteiger partial charge in [0, 0.05) is 23.3 Å². The number of rotatable bonds is 3. The summed E-state index contributed by atoms with van der Waals surface area (Å²) in [7, 11) is 0. The van der Waals surface area contributed by atoms with E-state index in [0.717, 1.165) is 28.5 Å². The van der Waals surface area contributed by atoms with Gasteiger partial charge in [0.05, 0.1) is 5.56 Å². The second kappa shape index (κ2) is 6.84. The van der Waals surface area contributed by atoms with Gasteiger partial charge in [-0.1, -0.05) is 12.1 Å². The third-order valence-electron chi connectivity index (χ3n) is 4.27. The standard InChI is InChI=1S/C21H14F3N3O/c22-21(23,24)15-4-6-16(7-5-15)28-20-18(2-1-10-27-20)13-3-8-17-14(12-13)9-11-26-19(17)25/h1-12H,(H2,25,26). The first-order chi connectivity index (χ1) is 13.4. The molecule has 4 rings (SSSR count). The van der Waals surface area contributed by atoms with Crippen molar-refractivity contribution in [3.63, 3.8) is 0 Å². The van der Waals surface area contributed by atoms with Crippen LogP contribution in [0.2, 0.25) is 0 Å². The van der Waals surface area contributed by atoms with Gasteiger partial charge < -0.3 is 10.5 Å². The van der Waals surface area contributed by atoms with Crippen molar-refractivity contribution in [1.29, 1.82) is 0 Å². The van der Waals surface area contributed by atoms with E-state index in [0.29, 0.717) is 17.3 Å². The predicted octanol–water partition coefficient (Wildman–Crippen LogP) is 5.69. The highest BCUT2D eigenvalue weighted by Gasteiger charge is 2.30. The first kappa shape index (κ1) is 17.8. The smallest absolute Gasteiger partial charge is 0.416 e. The first-order valence-corrected chi connectivity index (χ1v) is 8.36. The molecule has 0 bridgehead atoms. The number of hydrogen-bond donors (Lipinski definition) is 1. The van der Waals surface area contributed by atoms with Crippen LogP contribution in [0.25, 0.3) is 21.9 Å². The number of ether oxygens (including phenoxy) is 1. The van der Waals surface area contributed by atoms with Crippen molar-refractivity contribution in [2.45, 2.75) is 6.18 Å². The molecule has 0 spiro atoms. The summed E-state index contributed by atoms with van der Waals surface area (Å²) in [6.07, 6.45) is -1.20. The van der Waals surface area contributed by atoms with Gasteiger partial charge in [-0.3, -0.25) is 0 Å². The van der Waals surface area contributed by atoms with Gasteiger partial charge in [0.15, 0.2) is 0 Å². The molecule has 2 N–H and O–H groups in total. The van der Waals surface area contributed by atoms with Crippen LogP contribution >= 0.6 is 0 Å². The third kappa shape index (κ3) is 3.46. The molecule has 0 saturated heterocycles. The maximum Gasteiger partial charge on any atom is 0.416 e. The number of halogens is 3. The van der Waals surface area contributed by atoms with Gasteiger partial charge in [-0.2, -0.15) is 13.2 Å². The van der Waals surface area contributed by atoms with Gasteiger partial charge in [-0.25, -0.2) is 9.97 Å². The minimum absolute atomic E-state index is 0.266. The zero-order valence-corrected chi connectivity index (χ0v) is 14.4. The van der Waals surface area contributed by atoms with Crippen molar-refractivity contribution in [2.24, 2.45) is 0 Å². The van der Waals surface area contributed by atoms with E-state index in [4.69, 9.17) is 10.5 Å². The summed E-state index contributed by atoms with van der Waals surface area (Å²) in [4.78, 5) is 8.31. The molecule has 0 fully saturated rings. The number of benzene rings is 2. The van der Waals surface area contributed by atoms with Gasteiger partial charge >= 0.3 is 6.18 Å². The molecular formula is C21H14F3N3O.